The van der Waals surface area contributed by atoms with Crippen molar-refractivity contribution in [1.29, 1.82) is 0 Å². The molecule has 0 aromatic carbocycles. The van der Waals surface area contributed by atoms with Crippen LogP contribution in [0.4, 0.5) is 26.2 Å². The number of hydrogen-bond donors (Lipinski definition) is 2. The van der Waals surface area contributed by atoms with Crippen molar-refractivity contribution in [2.75, 3.05) is 30.3 Å². The van der Waals surface area contributed by atoms with E-state index in [0.29, 0.717) is 0 Å². The average Bonchev–Trinajstić information content (AvgIpc) is 2.25. The van der Waals surface area contributed by atoms with E-state index in [0.717, 1.165) is 4.90 Å². The molecule has 0 unspecified atom stereocenters. The number of nitrogen functional groups attached to an aromatic ring is 1. The highest BCUT2D eigenvalue weighted by Crippen LogP contribution is 2.29. The van der Waals surface area contributed by atoms with E-state index in [1.165, 1.54) is 6.92 Å². The number of rotatable bonds is 6. The summed E-state index contributed by atoms with van der Waals surface area (Å²) < 4.78 is 24.9. The lowest BCUT2D eigenvalue weighted by molar-refractivity contribution is -0.385. The number of nitrogens with two attached hydrogens (primary N) is 1. The Morgan fingerprint density at radius 3 is 2.63 bits per heavy atom. The van der Waals surface area contributed by atoms with Crippen LogP contribution < -0.4 is 10.6 Å². The number of aryl methyl sites for hydroxylation is 1. The summed E-state index contributed by atoms with van der Waals surface area (Å²) in [4.78, 5) is 18.4. The van der Waals surface area contributed by atoms with Gasteiger partial charge in [0.1, 0.15) is 5.69 Å². The van der Waals surface area contributed by atoms with Crippen molar-refractivity contribution in [2.45, 2.75) is 13.3 Å². The van der Waals surface area contributed by atoms with Crippen molar-refractivity contribution in [3.63, 3.8) is 0 Å². The lowest BCUT2D eigenvalue weighted by Crippen LogP contribution is -2.33. The molecular weight excluding hydrogens is 264 g/mol. The Kier molecular flexibility index (Phi) is 4.87. The van der Waals surface area contributed by atoms with Crippen molar-refractivity contribution in [2.24, 2.45) is 0 Å². The van der Waals surface area contributed by atoms with Crippen LogP contribution in [0.1, 0.15) is 5.69 Å². The molecule has 0 saturated heterocycles. The molecule has 0 amide bonds. The maximum Gasteiger partial charge on any atom is 0.332 e. The highest BCUT2D eigenvalue weighted by molar-refractivity contribution is 5.62. The fraction of sp³-hybridized carbons (Fsp3) is 0.556. The van der Waals surface area contributed by atoms with Gasteiger partial charge in [0.25, 0.3) is 6.43 Å². The van der Waals surface area contributed by atoms with E-state index in [1.807, 2.05) is 0 Å². The molecule has 3 N–H and O–H groups in total. The fourth-order valence-electron chi connectivity index (χ4n) is 1.58. The molecule has 8 nitrogen and oxygen atoms in total. The standard InChI is InChI=1S/C9H13F2N5O3/c1-5-7(16(18)19)8(14-9(12)13-5)15(2-3-17)4-6(10)11/h6,17H,2-4H2,1H3,(H2,12,13,14). The first-order valence-corrected chi connectivity index (χ1v) is 5.29. The number of nitro groups is 1. The van der Waals surface area contributed by atoms with Gasteiger partial charge >= 0.3 is 5.69 Å². The van der Waals surface area contributed by atoms with E-state index >= 15 is 0 Å². The van der Waals surface area contributed by atoms with Gasteiger partial charge in [-0.05, 0) is 6.92 Å². The second kappa shape index (κ2) is 6.18. The summed E-state index contributed by atoms with van der Waals surface area (Å²) in [6.07, 6.45) is -2.73. The number of hydrogen-bond acceptors (Lipinski definition) is 7. The quantitative estimate of drug-likeness (QED) is 0.568. The zero-order valence-corrected chi connectivity index (χ0v) is 10.1. The van der Waals surface area contributed by atoms with Crippen LogP contribution in [0, 0.1) is 17.0 Å². The number of aliphatic hydroxyl groups is 1. The number of aliphatic hydroxyl groups excluding tert-OH is 1. The van der Waals surface area contributed by atoms with E-state index in [1.54, 1.807) is 0 Å². The molecule has 0 saturated carbocycles. The van der Waals surface area contributed by atoms with Crippen molar-refractivity contribution >= 4 is 17.5 Å². The van der Waals surface area contributed by atoms with Gasteiger partial charge in [-0.1, -0.05) is 0 Å². The van der Waals surface area contributed by atoms with Crippen molar-refractivity contribution in [3.8, 4) is 0 Å². The number of nitrogens with zero attached hydrogens (tertiary/aromatic N) is 4. The van der Waals surface area contributed by atoms with E-state index < -0.39 is 30.2 Å². The molecule has 0 radical (unpaired) electrons. The molecule has 0 aliphatic heterocycles. The van der Waals surface area contributed by atoms with Crippen molar-refractivity contribution in [1.82, 2.24) is 9.97 Å². The summed E-state index contributed by atoms with van der Waals surface area (Å²) in [6.45, 7) is -0.135. The molecule has 0 aliphatic carbocycles. The SMILES string of the molecule is Cc1nc(N)nc(N(CCO)CC(F)F)c1[N+](=O)[O-]. The molecule has 0 bridgehead atoms. The molecule has 1 heterocycles. The molecule has 106 valence electrons. The Morgan fingerprint density at radius 2 is 2.16 bits per heavy atom. The molecule has 0 spiro atoms. The average molecular weight is 277 g/mol. The Morgan fingerprint density at radius 1 is 1.53 bits per heavy atom. The second-order valence-electron chi connectivity index (χ2n) is 3.66. The van der Waals surface area contributed by atoms with Gasteiger partial charge in [0.2, 0.25) is 11.8 Å². The third-order valence-electron chi connectivity index (χ3n) is 2.27. The summed E-state index contributed by atoms with van der Waals surface area (Å²) in [5.41, 5.74) is 4.85. The number of aromatic nitrogens is 2. The smallest absolute Gasteiger partial charge is 0.332 e. The lowest BCUT2D eigenvalue weighted by Gasteiger charge is -2.22. The third-order valence-corrected chi connectivity index (χ3v) is 2.27. The molecule has 1 rings (SSSR count). The first-order valence-electron chi connectivity index (χ1n) is 5.29. The molecular formula is C9H13F2N5O3. The number of halogens is 2. The fourth-order valence-corrected chi connectivity index (χ4v) is 1.58. The first kappa shape index (κ1) is 15.0. The Labute approximate surface area is 107 Å². The van der Waals surface area contributed by atoms with E-state index in [4.69, 9.17) is 10.8 Å². The van der Waals surface area contributed by atoms with E-state index in [-0.39, 0.29) is 24.0 Å². The van der Waals surface area contributed by atoms with Crippen LogP contribution in [0.15, 0.2) is 0 Å². The molecule has 10 heteroatoms. The van der Waals surface area contributed by atoms with Crippen LogP contribution in [0.25, 0.3) is 0 Å². The van der Waals surface area contributed by atoms with Crippen molar-refractivity contribution < 1.29 is 18.8 Å². The van der Waals surface area contributed by atoms with Crippen LogP contribution in [-0.4, -0.2) is 46.1 Å². The van der Waals surface area contributed by atoms with Crippen LogP contribution in [-0.2, 0) is 0 Å². The minimum Gasteiger partial charge on any atom is -0.395 e. The molecule has 1 aromatic rings. The van der Waals surface area contributed by atoms with E-state index in [9.17, 15) is 18.9 Å². The van der Waals surface area contributed by atoms with Crippen LogP contribution in [0.5, 0.6) is 0 Å². The monoisotopic (exact) mass is 277 g/mol. The van der Waals surface area contributed by atoms with Gasteiger partial charge in [-0.15, -0.1) is 0 Å². The normalized spacial score (nSPS) is 10.8. The highest BCUT2D eigenvalue weighted by atomic mass is 19.3. The summed E-state index contributed by atoms with van der Waals surface area (Å²) in [5.74, 6) is -0.570. The predicted molar refractivity (Wildman–Crippen MR) is 63.1 cm³/mol. The highest BCUT2D eigenvalue weighted by Gasteiger charge is 2.27. The van der Waals surface area contributed by atoms with Gasteiger partial charge in [-0.25, -0.2) is 13.8 Å². The largest absolute Gasteiger partial charge is 0.395 e. The Bertz CT molecular complexity index is 471. The van der Waals surface area contributed by atoms with Crippen molar-refractivity contribution in [3.05, 3.63) is 15.8 Å². The third kappa shape index (κ3) is 3.68. The zero-order valence-electron chi connectivity index (χ0n) is 10.1. The van der Waals surface area contributed by atoms with Crippen LogP contribution in [0.3, 0.4) is 0 Å². The van der Waals surface area contributed by atoms with E-state index in [2.05, 4.69) is 9.97 Å². The van der Waals surface area contributed by atoms with Gasteiger partial charge in [0.05, 0.1) is 18.1 Å². The van der Waals surface area contributed by atoms with Gasteiger partial charge in [-0.2, -0.15) is 4.98 Å². The van der Waals surface area contributed by atoms with Crippen LogP contribution in [0.2, 0.25) is 0 Å². The van der Waals surface area contributed by atoms with Crippen LogP contribution >= 0.6 is 0 Å². The van der Waals surface area contributed by atoms with Gasteiger partial charge in [0, 0.05) is 6.54 Å². The summed E-state index contributed by atoms with van der Waals surface area (Å²) in [7, 11) is 0. The van der Waals surface area contributed by atoms with Gasteiger partial charge in [-0.3, -0.25) is 10.1 Å². The lowest BCUT2D eigenvalue weighted by atomic mass is 10.3. The molecule has 0 aliphatic rings. The molecule has 1 aromatic heterocycles. The minimum absolute atomic E-state index is 0.0234. The summed E-state index contributed by atoms with van der Waals surface area (Å²) in [5, 5.41) is 19.8. The second-order valence-corrected chi connectivity index (χ2v) is 3.66. The Balaban J connectivity index is 3.30. The maximum atomic E-state index is 12.5. The zero-order chi connectivity index (χ0) is 14.6. The molecule has 0 atom stereocenters. The van der Waals surface area contributed by atoms with Gasteiger partial charge in [0.15, 0.2) is 0 Å². The summed E-state index contributed by atoms with van der Waals surface area (Å²) >= 11 is 0. The topological polar surface area (TPSA) is 118 Å². The Hall–Kier alpha value is -2.10. The minimum atomic E-state index is -2.73. The maximum absolute atomic E-state index is 12.5. The summed E-state index contributed by atoms with van der Waals surface area (Å²) in [6, 6.07) is 0. The molecule has 0 fully saturated rings. The van der Waals surface area contributed by atoms with Gasteiger partial charge < -0.3 is 15.7 Å². The molecule has 19 heavy (non-hydrogen) atoms. The predicted octanol–water partition coefficient (Wildman–Crippen LogP) is 0.339. The first-order chi connectivity index (χ1) is 8.86. The number of anilines is 2. The number of alkyl halides is 2.